The molecule has 0 aliphatic heterocycles. The van der Waals surface area contributed by atoms with Crippen molar-refractivity contribution in [3.63, 3.8) is 0 Å². The van der Waals surface area contributed by atoms with Crippen LogP contribution in [-0.4, -0.2) is 10.6 Å². The van der Waals surface area contributed by atoms with Gasteiger partial charge in [-0.25, -0.2) is 0 Å². The van der Waals surface area contributed by atoms with E-state index in [1.54, 1.807) is 22.9 Å². The van der Waals surface area contributed by atoms with Crippen molar-refractivity contribution in [2.24, 2.45) is 0 Å². The Morgan fingerprint density at radius 1 is 1.22 bits per heavy atom. The summed E-state index contributed by atoms with van der Waals surface area (Å²) in [6.45, 7) is 3.87. The van der Waals surface area contributed by atoms with Crippen molar-refractivity contribution in [2.75, 3.05) is 5.43 Å². The maximum atomic E-state index is 12.1. The third-order valence-corrected chi connectivity index (χ3v) is 3.88. The van der Waals surface area contributed by atoms with Gasteiger partial charge in [0.1, 0.15) is 0 Å². The van der Waals surface area contributed by atoms with Gasteiger partial charge in [0.25, 0.3) is 5.91 Å². The Bertz CT molecular complexity index is 588. The third kappa shape index (κ3) is 2.60. The van der Waals surface area contributed by atoms with Crippen molar-refractivity contribution in [2.45, 2.75) is 13.8 Å². The van der Waals surface area contributed by atoms with Gasteiger partial charge >= 0.3 is 0 Å². The fourth-order valence-electron chi connectivity index (χ4n) is 1.65. The molecular weight excluding hydrogens is 316 g/mol. The fraction of sp³-hybridized carbons (Fsp3) is 0.154. The lowest BCUT2D eigenvalue weighted by molar-refractivity contribution is 0.101. The third-order valence-electron chi connectivity index (χ3n) is 2.67. The minimum Gasteiger partial charge on any atom is -0.267 e. The molecular formula is C13H12BrClN2O. The first-order chi connectivity index (χ1) is 8.49. The number of aryl methyl sites for hydroxylation is 2. The molecule has 0 unspecified atom stereocenters. The Labute approximate surface area is 119 Å². The summed E-state index contributed by atoms with van der Waals surface area (Å²) < 4.78 is 2.46. The lowest BCUT2D eigenvalue weighted by Gasteiger charge is -2.11. The molecule has 0 bridgehead atoms. The van der Waals surface area contributed by atoms with Gasteiger partial charge in [0.2, 0.25) is 0 Å². The Morgan fingerprint density at radius 3 is 2.39 bits per heavy atom. The van der Waals surface area contributed by atoms with E-state index in [0.29, 0.717) is 15.1 Å². The number of nitrogens with zero attached hydrogens (tertiary/aromatic N) is 1. The van der Waals surface area contributed by atoms with Gasteiger partial charge in [-0.3, -0.25) is 14.9 Å². The molecule has 18 heavy (non-hydrogen) atoms. The second-order valence-corrected chi connectivity index (χ2v) is 5.28. The zero-order chi connectivity index (χ0) is 13.3. The highest BCUT2D eigenvalue weighted by atomic mass is 79.9. The van der Waals surface area contributed by atoms with Crippen molar-refractivity contribution >= 4 is 33.4 Å². The van der Waals surface area contributed by atoms with Gasteiger partial charge < -0.3 is 0 Å². The van der Waals surface area contributed by atoms with E-state index in [-0.39, 0.29) is 5.91 Å². The van der Waals surface area contributed by atoms with Crippen LogP contribution in [0.1, 0.15) is 21.7 Å². The Morgan fingerprint density at radius 2 is 1.83 bits per heavy atom. The lowest BCUT2D eigenvalue weighted by atomic mass is 10.2. The normalized spacial score (nSPS) is 10.4. The number of hydrogen-bond donors (Lipinski definition) is 1. The van der Waals surface area contributed by atoms with E-state index in [4.69, 9.17) is 11.6 Å². The van der Waals surface area contributed by atoms with E-state index in [1.807, 2.05) is 26.0 Å². The molecule has 1 heterocycles. The Balaban J connectivity index is 2.25. The second kappa shape index (κ2) is 5.16. The van der Waals surface area contributed by atoms with Crippen LogP contribution in [0.4, 0.5) is 0 Å². The molecule has 0 atom stereocenters. The largest absolute Gasteiger partial charge is 0.270 e. The van der Waals surface area contributed by atoms with Gasteiger partial charge in [-0.1, -0.05) is 11.6 Å². The van der Waals surface area contributed by atoms with Gasteiger partial charge in [0, 0.05) is 21.4 Å². The van der Waals surface area contributed by atoms with Crippen LogP contribution >= 0.6 is 27.5 Å². The van der Waals surface area contributed by atoms with Crippen molar-refractivity contribution < 1.29 is 4.79 Å². The number of hydrogen-bond acceptors (Lipinski definition) is 1. The summed E-state index contributed by atoms with van der Waals surface area (Å²) in [6, 6.07) is 8.99. The quantitative estimate of drug-likeness (QED) is 0.891. The predicted molar refractivity (Wildman–Crippen MR) is 76.7 cm³/mol. The van der Waals surface area contributed by atoms with E-state index in [0.717, 1.165) is 11.4 Å². The molecule has 0 radical (unpaired) electrons. The number of benzene rings is 1. The minimum atomic E-state index is -0.172. The minimum absolute atomic E-state index is 0.172. The number of amides is 1. The average Bonchev–Trinajstić information content (AvgIpc) is 2.64. The summed E-state index contributed by atoms with van der Waals surface area (Å²) in [4.78, 5) is 12.1. The van der Waals surface area contributed by atoms with E-state index in [1.165, 1.54) is 0 Å². The van der Waals surface area contributed by atoms with Gasteiger partial charge in [0.05, 0.1) is 5.02 Å². The number of aromatic nitrogens is 1. The van der Waals surface area contributed by atoms with E-state index in [9.17, 15) is 4.79 Å². The standard InChI is InChI=1S/C13H12BrClN2O/c1-8-3-4-9(2)17(8)16-13(18)10-5-6-12(15)11(14)7-10/h3-7H,1-2H3,(H,16,18). The first-order valence-electron chi connectivity index (χ1n) is 5.40. The molecule has 0 aliphatic rings. The molecule has 1 aromatic carbocycles. The molecule has 0 saturated heterocycles. The summed E-state index contributed by atoms with van der Waals surface area (Å²) in [5, 5.41) is 0.583. The monoisotopic (exact) mass is 326 g/mol. The van der Waals surface area contributed by atoms with Crippen LogP contribution < -0.4 is 5.43 Å². The zero-order valence-corrected chi connectivity index (χ0v) is 12.3. The molecule has 0 aliphatic carbocycles. The first kappa shape index (κ1) is 13.2. The van der Waals surface area contributed by atoms with Crippen molar-refractivity contribution in [1.29, 1.82) is 0 Å². The fourth-order valence-corrected chi connectivity index (χ4v) is 2.14. The first-order valence-corrected chi connectivity index (χ1v) is 6.57. The number of nitrogens with one attached hydrogen (secondary N) is 1. The zero-order valence-electron chi connectivity index (χ0n) is 10.00. The van der Waals surface area contributed by atoms with Crippen molar-refractivity contribution in [1.82, 2.24) is 4.68 Å². The molecule has 5 heteroatoms. The highest BCUT2D eigenvalue weighted by Crippen LogP contribution is 2.23. The molecule has 0 saturated carbocycles. The molecule has 0 spiro atoms. The lowest BCUT2D eigenvalue weighted by Crippen LogP contribution is -2.24. The number of carbonyl (C=O) groups excluding carboxylic acids is 1. The van der Waals surface area contributed by atoms with Crippen molar-refractivity contribution in [3.8, 4) is 0 Å². The number of carbonyl (C=O) groups is 1. The topological polar surface area (TPSA) is 34.0 Å². The maximum absolute atomic E-state index is 12.1. The molecule has 3 nitrogen and oxygen atoms in total. The molecule has 2 rings (SSSR count). The smallest absolute Gasteiger partial charge is 0.267 e. The van der Waals surface area contributed by atoms with Crippen LogP contribution in [0.2, 0.25) is 5.02 Å². The van der Waals surface area contributed by atoms with Crippen LogP contribution in [0.25, 0.3) is 0 Å². The van der Waals surface area contributed by atoms with Gasteiger partial charge in [-0.2, -0.15) is 0 Å². The van der Waals surface area contributed by atoms with Gasteiger partial charge in [-0.05, 0) is 60.1 Å². The van der Waals surface area contributed by atoms with E-state index < -0.39 is 0 Å². The maximum Gasteiger partial charge on any atom is 0.270 e. The summed E-state index contributed by atoms with van der Waals surface area (Å²) in [5.74, 6) is -0.172. The molecule has 1 amide bonds. The molecule has 1 N–H and O–H groups in total. The SMILES string of the molecule is Cc1ccc(C)n1NC(=O)c1ccc(Cl)c(Br)c1. The van der Waals surface area contributed by atoms with Crippen LogP contribution in [0.15, 0.2) is 34.8 Å². The molecule has 1 aromatic heterocycles. The average molecular weight is 328 g/mol. The van der Waals surface area contributed by atoms with Crippen LogP contribution in [0.5, 0.6) is 0 Å². The van der Waals surface area contributed by atoms with E-state index in [2.05, 4.69) is 21.4 Å². The van der Waals surface area contributed by atoms with Crippen LogP contribution in [-0.2, 0) is 0 Å². The Kier molecular flexibility index (Phi) is 3.78. The predicted octanol–water partition coefficient (Wildman–Crippen LogP) is 3.90. The summed E-state index contributed by atoms with van der Waals surface area (Å²) in [7, 11) is 0. The number of halogens is 2. The summed E-state index contributed by atoms with van der Waals surface area (Å²) in [5.41, 5.74) is 5.35. The van der Waals surface area contributed by atoms with Crippen LogP contribution in [0.3, 0.4) is 0 Å². The number of rotatable bonds is 2. The van der Waals surface area contributed by atoms with E-state index >= 15 is 0 Å². The molecule has 2 aromatic rings. The summed E-state index contributed by atoms with van der Waals surface area (Å²) in [6.07, 6.45) is 0. The second-order valence-electron chi connectivity index (χ2n) is 4.02. The highest BCUT2D eigenvalue weighted by molar-refractivity contribution is 9.10. The van der Waals surface area contributed by atoms with Crippen LogP contribution in [0, 0.1) is 13.8 Å². The Hall–Kier alpha value is -1.26. The van der Waals surface area contributed by atoms with Gasteiger partial charge in [0.15, 0.2) is 0 Å². The van der Waals surface area contributed by atoms with Crippen molar-refractivity contribution in [3.05, 3.63) is 56.8 Å². The van der Waals surface area contributed by atoms with Gasteiger partial charge in [-0.15, -0.1) is 0 Å². The molecule has 0 fully saturated rings. The molecule has 94 valence electrons. The highest BCUT2D eigenvalue weighted by Gasteiger charge is 2.10. The summed E-state index contributed by atoms with van der Waals surface area (Å²) >= 11 is 9.20.